The van der Waals surface area contributed by atoms with Crippen LogP contribution in [0.15, 0.2) is 48.5 Å². The molecule has 0 spiro atoms. The first-order chi connectivity index (χ1) is 13.8. The van der Waals surface area contributed by atoms with Gasteiger partial charge in [0.25, 0.3) is 0 Å². The van der Waals surface area contributed by atoms with Gasteiger partial charge in [-0.05, 0) is 50.0 Å². The van der Waals surface area contributed by atoms with E-state index in [2.05, 4.69) is 16.0 Å². The van der Waals surface area contributed by atoms with Gasteiger partial charge >= 0.3 is 6.03 Å². The molecule has 0 aliphatic carbocycles. The molecule has 156 valence electrons. The zero-order chi connectivity index (χ0) is 21.4. The normalized spacial score (nSPS) is 11.8. The van der Waals surface area contributed by atoms with Gasteiger partial charge in [0.15, 0.2) is 0 Å². The predicted octanol–water partition coefficient (Wildman–Crippen LogP) is 3.71. The minimum absolute atomic E-state index is 0.0170. The molecule has 2 aromatic rings. The molecule has 0 saturated heterocycles. The van der Waals surface area contributed by atoms with Crippen LogP contribution >= 0.6 is 0 Å². The zero-order valence-electron chi connectivity index (χ0n) is 17.7. The fraction of sp³-hybridized carbons (Fsp3) is 0.364. The third kappa shape index (κ3) is 6.80. The van der Waals surface area contributed by atoms with Gasteiger partial charge in [0, 0.05) is 23.8 Å². The zero-order valence-corrected chi connectivity index (χ0v) is 17.7. The molecule has 1 unspecified atom stereocenters. The number of hydrogen-bond donors (Lipinski definition) is 3. The molecule has 3 N–H and O–H groups in total. The molecule has 29 heavy (non-hydrogen) atoms. The largest absolute Gasteiger partial charge is 0.497 e. The highest BCUT2D eigenvalue weighted by molar-refractivity contribution is 5.94. The molecule has 2 aromatic carbocycles. The van der Waals surface area contributed by atoms with E-state index in [1.807, 2.05) is 57.1 Å². The second kappa shape index (κ2) is 10.5. The van der Waals surface area contributed by atoms with E-state index in [1.165, 1.54) is 0 Å². The number of benzene rings is 2. The van der Waals surface area contributed by atoms with Crippen molar-refractivity contribution in [3.63, 3.8) is 0 Å². The quantitative estimate of drug-likeness (QED) is 0.633. The fourth-order valence-corrected chi connectivity index (χ4v) is 2.75. The Bertz CT molecular complexity index is 819. The van der Waals surface area contributed by atoms with Crippen molar-refractivity contribution < 1.29 is 14.3 Å². The third-order valence-corrected chi connectivity index (χ3v) is 4.49. The van der Waals surface area contributed by atoms with Crippen molar-refractivity contribution >= 4 is 23.3 Å². The predicted molar refractivity (Wildman–Crippen MR) is 116 cm³/mol. The highest BCUT2D eigenvalue weighted by Gasteiger charge is 2.16. The molecule has 2 rings (SSSR count). The summed E-state index contributed by atoms with van der Waals surface area (Å²) in [6, 6.07) is 14.6. The maximum absolute atomic E-state index is 12.4. The molecule has 3 amide bonds. The van der Waals surface area contributed by atoms with E-state index in [0.29, 0.717) is 17.9 Å². The average Bonchev–Trinajstić information content (AvgIpc) is 2.68. The van der Waals surface area contributed by atoms with Crippen LogP contribution in [0.25, 0.3) is 0 Å². The lowest BCUT2D eigenvalue weighted by atomic mass is 10.1. The van der Waals surface area contributed by atoms with Crippen molar-refractivity contribution in [3.8, 4) is 5.75 Å². The molecule has 0 radical (unpaired) electrons. The summed E-state index contributed by atoms with van der Waals surface area (Å²) in [4.78, 5) is 26.2. The van der Waals surface area contributed by atoms with E-state index >= 15 is 0 Å². The summed E-state index contributed by atoms with van der Waals surface area (Å²) < 4.78 is 5.20. The van der Waals surface area contributed by atoms with Gasteiger partial charge in [0.05, 0.1) is 13.2 Å². The van der Waals surface area contributed by atoms with Crippen LogP contribution in [0.1, 0.15) is 25.5 Å². The van der Waals surface area contributed by atoms with Gasteiger partial charge in [-0.25, -0.2) is 4.79 Å². The molecule has 1 atom stereocenters. The first-order valence-corrected chi connectivity index (χ1v) is 9.56. The van der Waals surface area contributed by atoms with Gasteiger partial charge in [0.1, 0.15) is 5.75 Å². The SMILES string of the molecule is COc1ccc(C(CNC(=O)Nc2cccc(NC(=O)C(C)C)c2)N(C)C)cc1. The first-order valence-electron chi connectivity index (χ1n) is 9.56. The van der Waals surface area contributed by atoms with Crippen LogP contribution in [0.4, 0.5) is 16.2 Å². The lowest BCUT2D eigenvalue weighted by Gasteiger charge is -2.25. The maximum atomic E-state index is 12.4. The number of likely N-dealkylation sites (N-methyl/N-ethyl adjacent to an activating group) is 1. The monoisotopic (exact) mass is 398 g/mol. The van der Waals surface area contributed by atoms with Gasteiger partial charge in [-0.2, -0.15) is 0 Å². The second-order valence-electron chi connectivity index (χ2n) is 7.31. The molecule has 0 aliphatic heterocycles. The molecule has 0 heterocycles. The lowest BCUT2D eigenvalue weighted by Crippen LogP contribution is -2.36. The number of amides is 3. The molecule has 0 fully saturated rings. The Labute approximate surface area is 172 Å². The van der Waals surface area contributed by atoms with E-state index < -0.39 is 0 Å². The summed E-state index contributed by atoms with van der Waals surface area (Å²) in [5.41, 5.74) is 2.33. The van der Waals surface area contributed by atoms with E-state index in [4.69, 9.17) is 4.74 Å². The fourth-order valence-electron chi connectivity index (χ4n) is 2.75. The molecular weight excluding hydrogens is 368 g/mol. The van der Waals surface area contributed by atoms with Crippen LogP contribution in [-0.4, -0.2) is 44.6 Å². The number of ether oxygens (including phenoxy) is 1. The van der Waals surface area contributed by atoms with Gasteiger partial charge in [-0.3, -0.25) is 4.79 Å². The Balaban J connectivity index is 1.96. The lowest BCUT2D eigenvalue weighted by molar-refractivity contribution is -0.118. The topological polar surface area (TPSA) is 82.7 Å². The number of anilines is 2. The van der Waals surface area contributed by atoms with Crippen molar-refractivity contribution in [2.45, 2.75) is 19.9 Å². The standard InChI is InChI=1S/C22H30N4O3/c1-15(2)21(27)24-17-7-6-8-18(13-17)25-22(28)23-14-20(26(3)4)16-9-11-19(29-5)12-10-16/h6-13,15,20H,14H2,1-5H3,(H,24,27)(H2,23,25,28). The third-order valence-electron chi connectivity index (χ3n) is 4.49. The van der Waals surface area contributed by atoms with Crippen LogP contribution < -0.4 is 20.7 Å². The summed E-state index contributed by atoms with van der Waals surface area (Å²) in [5, 5.41) is 8.54. The van der Waals surface area contributed by atoms with E-state index in [-0.39, 0.29) is 23.9 Å². The summed E-state index contributed by atoms with van der Waals surface area (Å²) in [6.07, 6.45) is 0. The Morgan fingerprint density at radius 1 is 1.00 bits per heavy atom. The number of nitrogens with one attached hydrogen (secondary N) is 3. The summed E-state index contributed by atoms with van der Waals surface area (Å²) in [7, 11) is 5.57. The van der Waals surface area contributed by atoms with Crippen LogP contribution in [-0.2, 0) is 4.79 Å². The number of methoxy groups -OCH3 is 1. The highest BCUT2D eigenvalue weighted by atomic mass is 16.5. The molecule has 0 saturated carbocycles. The Morgan fingerprint density at radius 2 is 1.62 bits per heavy atom. The number of urea groups is 1. The maximum Gasteiger partial charge on any atom is 0.319 e. The van der Waals surface area contributed by atoms with E-state index in [0.717, 1.165) is 11.3 Å². The van der Waals surface area contributed by atoms with Gasteiger partial charge < -0.3 is 25.6 Å². The molecule has 7 heteroatoms. The average molecular weight is 399 g/mol. The van der Waals surface area contributed by atoms with E-state index in [1.54, 1.807) is 31.4 Å². The summed E-state index contributed by atoms with van der Waals surface area (Å²) >= 11 is 0. The van der Waals surface area contributed by atoms with Crippen molar-refractivity contribution in [1.29, 1.82) is 0 Å². The second-order valence-corrected chi connectivity index (χ2v) is 7.31. The first kappa shape index (κ1) is 22.2. The van der Waals surface area contributed by atoms with E-state index in [9.17, 15) is 9.59 Å². The smallest absolute Gasteiger partial charge is 0.319 e. The highest BCUT2D eigenvalue weighted by Crippen LogP contribution is 2.21. The van der Waals surface area contributed by atoms with Crippen LogP contribution in [0, 0.1) is 5.92 Å². The van der Waals surface area contributed by atoms with Crippen LogP contribution in [0.3, 0.4) is 0 Å². The van der Waals surface area contributed by atoms with Gasteiger partial charge in [0.2, 0.25) is 5.91 Å². The Morgan fingerprint density at radius 3 is 2.17 bits per heavy atom. The van der Waals surface area contributed by atoms with Crippen molar-refractivity contribution in [1.82, 2.24) is 10.2 Å². The number of rotatable bonds is 8. The van der Waals surface area contributed by atoms with Crippen molar-refractivity contribution in [2.24, 2.45) is 5.92 Å². The summed E-state index contributed by atoms with van der Waals surface area (Å²) in [5.74, 6) is 0.608. The van der Waals surface area contributed by atoms with Crippen molar-refractivity contribution in [3.05, 3.63) is 54.1 Å². The van der Waals surface area contributed by atoms with Gasteiger partial charge in [-0.1, -0.05) is 32.0 Å². The van der Waals surface area contributed by atoms with Gasteiger partial charge in [-0.15, -0.1) is 0 Å². The minimum atomic E-state index is -0.308. The molecule has 0 aliphatic rings. The van der Waals surface area contributed by atoms with Crippen LogP contribution in [0.2, 0.25) is 0 Å². The minimum Gasteiger partial charge on any atom is -0.497 e. The van der Waals surface area contributed by atoms with Crippen molar-refractivity contribution in [2.75, 3.05) is 38.4 Å². The molecule has 0 aromatic heterocycles. The number of hydrogen-bond acceptors (Lipinski definition) is 4. The Hall–Kier alpha value is -3.06. The number of carbonyl (C=O) groups excluding carboxylic acids is 2. The van der Waals surface area contributed by atoms with Crippen LogP contribution in [0.5, 0.6) is 5.75 Å². The molecular formula is C22H30N4O3. The molecule has 0 bridgehead atoms. The number of carbonyl (C=O) groups is 2. The Kier molecular flexibility index (Phi) is 8.03. The summed E-state index contributed by atoms with van der Waals surface area (Å²) in [6.45, 7) is 4.10. The molecule has 7 nitrogen and oxygen atoms in total. The number of nitrogens with zero attached hydrogens (tertiary/aromatic N) is 1.